The molecule has 2 aromatic rings. The van der Waals surface area contributed by atoms with E-state index in [9.17, 15) is 9.90 Å². The highest BCUT2D eigenvalue weighted by molar-refractivity contribution is 7.10. The molecule has 0 bridgehead atoms. The number of phenols is 1. The van der Waals surface area contributed by atoms with E-state index in [2.05, 4.69) is 0 Å². The van der Waals surface area contributed by atoms with Gasteiger partial charge in [0.1, 0.15) is 12.0 Å². The number of hydrogen-bond donors (Lipinski definition) is 1. The molecule has 1 aromatic carbocycles. The van der Waals surface area contributed by atoms with E-state index in [1.807, 2.05) is 24.4 Å². The van der Waals surface area contributed by atoms with Crippen LogP contribution in [0.3, 0.4) is 0 Å². The third kappa shape index (κ3) is 3.00. The van der Waals surface area contributed by atoms with Crippen molar-refractivity contribution in [3.05, 3.63) is 34.2 Å². The second kappa shape index (κ2) is 5.98. The van der Waals surface area contributed by atoms with Gasteiger partial charge in [-0.2, -0.15) is 0 Å². The number of phenolic OH excluding ortho intramolecular Hbond substituents is 1. The van der Waals surface area contributed by atoms with Gasteiger partial charge in [0, 0.05) is 22.8 Å². The van der Waals surface area contributed by atoms with Crippen LogP contribution in [0.15, 0.2) is 23.6 Å². The van der Waals surface area contributed by atoms with Crippen molar-refractivity contribution in [2.45, 2.75) is 38.5 Å². The molecule has 1 N–H and O–H groups in total. The number of carbonyl (C=O) groups is 1. The molecule has 1 aromatic heterocycles. The molecule has 0 spiro atoms. The third-order valence-electron chi connectivity index (χ3n) is 4.26. The maximum atomic E-state index is 10.8. The van der Waals surface area contributed by atoms with Crippen molar-refractivity contribution < 1.29 is 9.90 Å². The Kier molecular flexibility index (Phi) is 4.06. The maximum absolute atomic E-state index is 10.8. The number of rotatable bonds is 3. The summed E-state index contributed by atoms with van der Waals surface area (Å²) in [6.45, 7) is 2.01. The SMILES string of the molecule is Cc1ccc(O)c(-c2csc(C3CCC(C=O)CC3)n2)c1. The standard InChI is InChI=1S/C17H19NO2S/c1-11-2-7-16(20)14(8-11)15-10-21-17(18-15)13-5-3-12(9-19)4-6-13/h2,7-10,12-13,20H,3-6H2,1H3. The molecule has 110 valence electrons. The maximum Gasteiger partial charge on any atom is 0.125 e. The minimum Gasteiger partial charge on any atom is -0.507 e. The summed E-state index contributed by atoms with van der Waals surface area (Å²) in [4.78, 5) is 15.5. The first-order valence-corrected chi connectivity index (χ1v) is 8.26. The van der Waals surface area contributed by atoms with Crippen molar-refractivity contribution in [3.63, 3.8) is 0 Å². The Balaban J connectivity index is 1.80. The van der Waals surface area contributed by atoms with Gasteiger partial charge in [-0.05, 0) is 44.7 Å². The van der Waals surface area contributed by atoms with Crippen LogP contribution in [0.5, 0.6) is 5.75 Å². The van der Waals surface area contributed by atoms with Crippen molar-refractivity contribution in [2.75, 3.05) is 0 Å². The summed E-state index contributed by atoms with van der Waals surface area (Å²) in [5, 5.41) is 13.2. The van der Waals surface area contributed by atoms with Crippen LogP contribution < -0.4 is 0 Å². The van der Waals surface area contributed by atoms with Crippen LogP contribution in [0.4, 0.5) is 0 Å². The predicted octanol–water partition coefficient (Wildman–Crippen LogP) is 4.30. The lowest BCUT2D eigenvalue weighted by Crippen LogP contribution is -2.13. The molecule has 1 heterocycles. The number of carbonyl (C=O) groups excluding carboxylic acids is 1. The minimum atomic E-state index is 0.238. The third-order valence-corrected chi connectivity index (χ3v) is 5.27. The van der Waals surface area contributed by atoms with Gasteiger partial charge in [-0.15, -0.1) is 11.3 Å². The molecular weight excluding hydrogens is 282 g/mol. The van der Waals surface area contributed by atoms with Crippen LogP contribution in [0.1, 0.15) is 42.2 Å². The van der Waals surface area contributed by atoms with Crippen molar-refractivity contribution in [2.24, 2.45) is 5.92 Å². The zero-order valence-corrected chi connectivity index (χ0v) is 12.9. The normalized spacial score (nSPS) is 22.1. The number of aromatic hydroxyl groups is 1. The molecule has 0 unspecified atom stereocenters. The van der Waals surface area contributed by atoms with Gasteiger partial charge in [0.25, 0.3) is 0 Å². The van der Waals surface area contributed by atoms with Crippen LogP contribution in [0.25, 0.3) is 11.3 Å². The van der Waals surface area contributed by atoms with Gasteiger partial charge in [0.05, 0.1) is 10.7 Å². The number of hydrogen-bond acceptors (Lipinski definition) is 4. The van der Waals surface area contributed by atoms with Crippen molar-refractivity contribution in [3.8, 4) is 17.0 Å². The summed E-state index contributed by atoms with van der Waals surface area (Å²) >= 11 is 1.66. The number of nitrogens with zero attached hydrogens (tertiary/aromatic N) is 1. The fourth-order valence-corrected chi connectivity index (χ4v) is 3.95. The van der Waals surface area contributed by atoms with Crippen LogP contribution in [0.2, 0.25) is 0 Å². The highest BCUT2D eigenvalue weighted by Gasteiger charge is 2.24. The molecule has 3 rings (SSSR count). The fraction of sp³-hybridized carbons (Fsp3) is 0.412. The molecule has 0 amide bonds. The molecule has 1 aliphatic carbocycles. The van der Waals surface area contributed by atoms with E-state index in [-0.39, 0.29) is 11.7 Å². The van der Waals surface area contributed by atoms with Crippen molar-refractivity contribution in [1.29, 1.82) is 0 Å². The zero-order chi connectivity index (χ0) is 14.8. The van der Waals surface area contributed by atoms with Crippen molar-refractivity contribution in [1.82, 2.24) is 4.98 Å². The Labute approximate surface area is 128 Å². The monoisotopic (exact) mass is 301 g/mol. The number of thiazole rings is 1. The lowest BCUT2D eigenvalue weighted by atomic mass is 9.83. The van der Waals surface area contributed by atoms with E-state index in [1.54, 1.807) is 17.4 Å². The molecule has 4 heteroatoms. The second-order valence-electron chi connectivity index (χ2n) is 5.84. The largest absolute Gasteiger partial charge is 0.507 e. The predicted molar refractivity (Wildman–Crippen MR) is 84.7 cm³/mol. The van der Waals surface area contributed by atoms with E-state index in [0.29, 0.717) is 5.92 Å². The van der Waals surface area contributed by atoms with E-state index < -0.39 is 0 Å². The van der Waals surface area contributed by atoms with Gasteiger partial charge < -0.3 is 9.90 Å². The number of aryl methyl sites for hydroxylation is 1. The zero-order valence-electron chi connectivity index (χ0n) is 12.1. The van der Waals surface area contributed by atoms with E-state index in [4.69, 9.17) is 4.98 Å². The summed E-state index contributed by atoms with van der Waals surface area (Å²) in [5.74, 6) is 0.982. The smallest absolute Gasteiger partial charge is 0.125 e. The number of aromatic nitrogens is 1. The average molecular weight is 301 g/mol. The Morgan fingerprint density at radius 3 is 2.76 bits per heavy atom. The van der Waals surface area contributed by atoms with Gasteiger partial charge in [0.2, 0.25) is 0 Å². The molecule has 0 aliphatic heterocycles. The molecular formula is C17H19NO2S. The summed E-state index contributed by atoms with van der Waals surface area (Å²) in [6.07, 6.45) is 5.11. The topological polar surface area (TPSA) is 50.2 Å². The molecule has 21 heavy (non-hydrogen) atoms. The van der Waals surface area contributed by atoms with Crippen LogP contribution in [0, 0.1) is 12.8 Å². The first-order chi connectivity index (χ1) is 10.2. The Hall–Kier alpha value is -1.68. The molecule has 1 aliphatic rings. The van der Waals surface area contributed by atoms with E-state index in [0.717, 1.165) is 53.8 Å². The van der Waals surface area contributed by atoms with E-state index in [1.165, 1.54) is 0 Å². The molecule has 1 saturated carbocycles. The highest BCUT2D eigenvalue weighted by atomic mass is 32.1. The van der Waals surface area contributed by atoms with Gasteiger partial charge in [-0.1, -0.05) is 11.6 Å². The molecule has 3 nitrogen and oxygen atoms in total. The van der Waals surface area contributed by atoms with Gasteiger partial charge in [-0.25, -0.2) is 4.98 Å². The Bertz CT molecular complexity index is 642. The van der Waals surface area contributed by atoms with Gasteiger partial charge in [-0.3, -0.25) is 0 Å². The first kappa shape index (κ1) is 14.3. The fourth-order valence-electron chi connectivity index (χ4n) is 2.96. The molecule has 0 atom stereocenters. The average Bonchev–Trinajstić information content (AvgIpc) is 2.99. The van der Waals surface area contributed by atoms with E-state index >= 15 is 0 Å². The Morgan fingerprint density at radius 2 is 2.05 bits per heavy atom. The summed E-state index contributed by atoms with van der Waals surface area (Å²) in [5.41, 5.74) is 2.77. The summed E-state index contributed by atoms with van der Waals surface area (Å²) < 4.78 is 0. The minimum absolute atomic E-state index is 0.238. The highest BCUT2D eigenvalue weighted by Crippen LogP contribution is 2.39. The first-order valence-electron chi connectivity index (χ1n) is 7.38. The second-order valence-corrected chi connectivity index (χ2v) is 6.73. The molecule has 0 radical (unpaired) electrons. The summed E-state index contributed by atoms with van der Waals surface area (Å²) in [7, 11) is 0. The van der Waals surface area contributed by atoms with Crippen LogP contribution in [-0.4, -0.2) is 16.4 Å². The lowest BCUT2D eigenvalue weighted by Gasteiger charge is -2.23. The number of aldehydes is 1. The lowest BCUT2D eigenvalue weighted by molar-refractivity contribution is -0.111. The summed E-state index contributed by atoms with van der Waals surface area (Å²) in [6, 6.07) is 5.59. The molecule has 0 saturated heterocycles. The molecule has 1 fully saturated rings. The number of benzene rings is 1. The Morgan fingerprint density at radius 1 is 1.29 bits per heavy atom. The quantitative estimate of drug-likeness (QED) is 0.860. The van der Waals surface area contributed by atoms with Crippen LogP contribution in [-0.2, 0) is 4.79 Å². The van der Waals surface area contributed by atoms with Crippen LogP contribution >= 0.6 is 11.3 Å². The van der Waals surface area contributed by atoms with Gasteiger partial charge >= 0.3 is 0 Å². The van der Waals surface area contributed by atoms with Crippen molar-refractivity contribution >= 4 is 17.6 Å². The van der Waals surface area contributed by atoms with Gasteiger partial charge in [0.15, 0.2) is 0 Å².